The number of halogens is 3. The number of phenols is 1. The van der Waals surface area contributed by atoms with Gasteiger partial charge in [-0.05, 0) is 42.6 Å². The van der Waals surface area contributed by atoms with E-state index in [2.05, 4.69) is 10.1 Å². The second-order valence-electron chi connectivity index (χ2n) is 9.66. The first-order chi connectivity index (χ1) is 20.0. The summed E-state index contributed by atoms with van der Waals surface area (Å²) in [6, 6.07) is 15.2. The largest absolute Gasteiger partial charge is 0.506 e. The highest BCUT2D eigenvalue weighted by atomic mass is 19.4. The summed E-state index contributed by atoms with van der Waals surface area (Å²) >= 11 is 0. The van der Waals surface area contributed by atoms with Crippen molar-refractivity contribution >= 4 is 22.6 Å². The van der Waals surface area contributed by atoms with Gasteiger partial charge >= 0.3 is 12.1 Å². The monoisotopic (exact) mass is 574 g/mol. The molecular weight excluding hydrogens is 549 g/mol. The fourth-order valence-corrected chi connectivity index (χ4v) is 4.55. The maximum Gasteiger partial charge on any atom is 0.416 e. The summed E-state index contributed by atoms with van der Waals surface area (Å²) in [7, 11) is 3.20. The third kappa shape index (κ3) is 5.40. The van der Waals surface area contributed by atoms with Crippen molar-refractivity contribution in [3.63, 3.8) is 0 Å². The molecule has 0 aliphatic heterocycles. The van der Waals surface area contributed by atoms with Gasteiger partial charge < -0.3 is 14.7 Å². The zero-order chi connectivity index (χ0) is 30.2. The number of alkyl halides is 3. The first-order valence-corrected chi connectivity index (χ1v) is 12.9. The molecule has 5 aromatic rings. The lowest BCUT2D eigenvalue weighted by molar-refractivity contribution is -0.137. The van der Waals surface area contributed by atoms with Gasteiger partial charge in [0.15, 0.2) is 0 Å². The van der Waals surface area contributed by atoms with Gasteiger partial charge in [-0.15, -0.1) is 0 Å². The molecule has 11 heteroatoms. The highest BCUT2D eigenvalue weighted by Gasteiger charge is 2.32. The normalized spacial score (nSPS) is 11.5. The first-order valence-electron chi connectivity index (χ1n) is 12.9. The number of hydrogen-bond acceptors (Lipinski definition) is 6. The Morgan fingerprint density at radius 2 is 1.71 bits per heavy atom. The van der Waals surface area contributed by atoms with Gasteiger partial charge in [0, 0.05) is 48.6 Å². The summed E-state index contributed by atoms with van der Waals surface area (Å²) in [6.45, 7) is 1.59. The van der Waals surface area contributed by atoms with E-state index in [1.54, 1.807) is 57.5 Å². The van der Waals surface area contributed by atoms with Gasteiger partial charge in [0.2, 0.25) is 0 Å². The van der Waals surface area contributed by atoms with Crippen LogP contribution in [0.1, 0.15) is 33.2 Å². The van der Waals surface area contributed by atoms with E-state index in [-0.39, 0.29) is 35.1 Å². The number of phenolic OH excluding ortho intramolecular Hbond substituents is 1. The summed E-state index contributed by atoms with van der Waals surface area (Å²) in [6.07, 6.45) is -0.0833. The standard InChI is InChI=1S/C31H25F3N4O4/c1-4-42-30(41)19-11-21(31(32,33)34)13-22(12-19)38-17-20(16-36-38)18-9-10-27(35-15-18)25-14-26(29(40)37(2)3)28(39)24-8-6-5-7-23(24)25/h5-17,39H,4H2,1-3H3. The number of hydrogen-bond donors (Lipinski definition) is 1. The molecule has 2 aromatic heterocycles. The lowest BCUT2D eigenvalue weighted by Gasteiger charge is -2.16. The van der Waals surface area contributed by atoms with E-state index in [1.165, 1.54) is 28.0 Å². The number of aromatic hydroxyl groups is 1. The third-order valence-corrected chi connectivity index (χ3v) is 6.63. The van der Waals surface area contributed by atoms with Gasteiger partial charge in [0.05, 0.1) is 40.9 Å². The zero-order valence-electron chi connectivity index (χ0n) is 22.8. The molecule has 0 saturated heterocycles. The maximum atomic E-state index is 13.6. The van der Waals surface area contributed by atoms with Crippen molar-refractivity contribution in [3.8, 4) is 33.8 Å². The molecule has 3 aromatic carbocycles. The lowest BCUT2D eigenvalue weighted by Crippen LogP contribution is -2.21. The molecule has 0 aliphatic carbocycles. The molecule has 0 radical (unpaired) electrons. The first kappa shape index (κ1) is 28.3. The summed E-state index contributed by atoms with van der Waals surface area (Å²) in [4.78, 5) is 30.9. The van der Waals surface area contributed by atoms with Gasteiger partial charge in [0.25, 0.3) is 5.91 Å². The van der Waals surface area contributed by atoms with Crippen LogP contribution < -0.4 is 0 Å². The summed E-state index contributed by atoms with van der Waals surface area (Å²) < 4.78 is 46.8. The number of ether oxygens (including phenoxy) is 1. The Kier molecular flexibility index (Phi) is 7.42. The van der Waals surface area contributed by atoms with Crippen LogP contribution in [0.25, 0.3) is 38.8 Å². The SMILES string of the molecule is CCOC(=O)c1cc(-n2cc(-c3ccc(-c4cc(C(=O)N(C)C)c(O)c5ccccc45)nc3)cn2)cc(C(F)(F)F)c1. The van der Waals surface area contributed by atoms with Gasteiger partial charge in [-0.1, -0.05) is 30.3 Å². The van der Waals surface area contributed by atoms with E-state index >= 15 is 0 Å². The Morgan fingerprint density at radius 1 is 0.976 bits per heavy atom. The van der Waals surface area contributed by atoms with Crippen LogP contribution in [0.5, 0.6) is 5.75 Å². The molecular formula is C31H25F3N4O4. The second-order valence-corrected chi connectivity index (χ2v) is 9.66. The molecule has 2 heterocycles. The molecule has 0 unspecified atom stereocenters. The van der Waals surface area contributed by atoms with Gasteiger partial charge in [0.1, 0.15) is 5.75 Å². The number of nitrogens with zero attached hydrogens (tertiary/aromatic N) is 4. The molecule has 42 heavy (non-hydrogen) atoms. The van der Waals surface area contributed by atoms with E-state index in [0.717, 1.165) is 12.1 Å². The van der Waals surface area contributed by atoms with E-state index in [9.17, 15) is 27.9 Å². The summed E-state index contributed by atoms with van der Waals surface area (Å²) in [5, 5.41) is 16.2. The predicted molar refractivity (Wildman–Crippen MR) is 150 cm³/mol. The predicted octanol–water partition coefficient (Wildman–Crippen LogP) is 6.36. The number of carbonyl (C=O) groups is 2. The summed E-state index contributed by atoms with van der Waals surface area (Å²) in [5.41, 5.74) is 1.34. The Morgan fingerprint density at radius 3 is 2.36 bits per heavy atom. The highest BCUT2D eigenvalue weighted by molar-refractivity contribution is 6.08. The number of esters is 1. The molecule has 1 N–H and O–H groups in total. The zero-order valence-corrected chi connectivity index (χ0v) is 22.8. The molecule has 0 spiro atoms. The number of carbonyl (C=O) groups excluding carboxylic acids is 2. The average Bonchev–Trinajstić information content (AvgIpc) is 3.47. The molecule has 1 amide bonds. The van der Waals surface area contributed by atoms with Crippen LogP contribution in [0.4, 0.5) is 13.2 Å². The molecule has 8 nitrogen and oxygen atoms in total. The Bertz CT molecular complexity index is 1810. The van der Waals surface area contributed by atoms with E-state index in [4.69, 9.17) is 4.74 Å². The van der Waals surface area contributed by atoms with Crippen molar-refractivity contribution in [2.75, 3.05) is 20.7 Å². The third-order valence-electron chi connectivity index (χ3n) is 6.63. The minimum atomic E-state index is -4.68. The fourth-order valence-electron chi connectivity index (χ4n) is 4.55. The minimum Gasteiger partial charge on any atom is -0.506 e. The molecule has 214 valence electrons. The van der Waals surface area contributed by atoms with Crippen LogP contribution in [0.2, 0.25) is 0 Å². The smallest absolute Gasteiger partial charge is 0.416 e. The highest BCUT2D eigenvalue weighted by Crippen LogP contribution is 2.37. The maximum absolute atomic E-state index is 13.6. The van der Waals surface area contributed by atoms with Crippen LogP contribution in [0, 0.1) is 0 Å². The van der Waals surface area contributed by atoms with Crippen molar-refractivity contribution in [2.24, 2.45) is 0 Å². The van der Waals surface area contributed by atoms with Crippen molar-refractivity contribution in [3.05, 3.63) is 95.9 Å². The van der Waals surface area contributed by atoms with Crippen LogP contribution in [0.3, 0.4) is 0 Å². The number of amides is 1. The van der Waals surface area contributed by atoms with Gasteiger partial charge in [-0.25, -0.2) is 9.48 Å². The van der Waals surface area contributed by atoms with Crippen LogP contribution >= 0.6 is 0 Å². The van der Waals surface area contributed by atoms with Gasteiger partial charge in [-0.2, -0.15) is 18.3 Å². The van der Waals surface area contributed by atoms with Crippen molar-refractivity contribution in [2.45, 2.75) is 13.1 Å². The molecule has 0 aliphatic rings. The number of fused-ring (bicyclic) bond motifs is 1. The Hall–Kier alpha value is -5.19. The topological polar surface area (TPSA) is 97.5 Å². The Balaban J connectivity index is 1.52. The van der Waals surface area contributed by atoms with Crippen molar-refractivity contribution in [1.29, 1.82) is 0 Å². The van der Waals surface area contributed by atoms with Crippen LogP contribution in [-0.2, 0) is 10.9 Å². The lowest BCUT2D eigenvalue weighted by atomic mass is 9.96. The van der Waals surface area contributed by atoms with Gasteiger partial charge in [-0.3, -0.25) is 9.78 Å². The molecule has 5 rings (SSSR count). The van der Waals surface area contributed by atoms with Crippen molar-refractivity contribution in [1.82, 2.24) is 19.7 Å². The number of benzene rings is 3. The quantitative estimate of drug-likeness (QED) is 0.237. The molecule has 0 atom stereocenters. The minimum absolute atomic E-state index is 0.0204. The molecule has 0 fully saturated rings. The number of rotatable bonds is 6. The van der Waals surface area contributed by atoms with E-state index in [1.807, 2.05) is 12.1 Å². The second kappa shape index (κ2) is 11.0. The van der Waals surface area contributed by atoms with E-state index in [0.29, 0.717) is 33.2 Å². The average molecular weight is 575 g/mol. The summed E-state index contributed by atoms with van der Waals surface area (Å²) in [5.74, 6) is -1.34. The molecule has 0 bridgehead atoms. The van der Waals surface area contributed by atoms with Crippen molar-refractivity contribution < 1.29 is 32.6 Å². The van der Waals surface area contributed by atoms with E-state index < -0.39 is 17.7 Å². The Labute approximate surface area is 238 Å². The number of pyridine rings is 1. The fraction of sp³-hybridized carbons (Fsp3) is 0.161. The van der Waals surface area contributed by atoms with Crippen LogP contribution in [-0.4, -0.2) is 57.3 Å². The number of aromatic nitrogens is 3. The molecule has 0 saturated carbocycles. The van der Waals surface area contributed by atoms with Crippen LogP contribution in [0.15, 0.2) is 79.3 Å².